The average molecular weight is 320 g/mol. The van der Waals surface area contributed by atoms with Crippen LogP contribution in [0.25, 0.3) is 0 Å². The van der Waals surface area contributed by atoms with Crippen molar-refractivity contribution in [1.82, 2.24) is 5.32 Å². The van der Waals surface area contributed by atoms with Crippen molar-refractivity contribution in [2.24, 2.45) is 0 Å². The van der Waals surface area contributed by atoms with Crippen LogP contribution in [0.2, 0.25) is 5.02 Å². The van der Waals surface area contributed by atoms with E-state index in [9.17, 15) is 0 Å². The summed E-state index contributed by atoms with van der Waals surface area (Å²) in [5.41, 5.74) is 3.99. The lowest BCUT2D eigenvalue weighted by atomic mass is 10.1. The molecule has 1 N–H and O–H groups in total. The maximum absolute atomic E-state index is 6.40. The third-order valence-electron chi connectivity index (χ3n) is 3.42. The van der Waals surface area contributed by atoms with E-state index in [2.05, 4.69) is 49.5 Å². The average Bonchev–Trinajstić information content (AvgIpc) is 2.48. The molecular formula is C18H22ClNS. The maximum Gasteiger partial charge on any atom is 0.0545 e. The normalized spacial score (nSPS) is 10.8. The molecule has 0 saturated heterocycles. The molecule has 0 spiro atoms. The van der Waals surface area contributed by atoms with Crippen LogP contribution >= 0.6 is 23.4 Å². The lowest BCUT2D eigenvalue weighted by Crippen LogP contribution is -2.14. The Kier molecular flexibility index (Phi) is 6.62. The zero-order valence-corrected chi connectivity index (χ0v) is 14.2. The van der Waals surface area contributed by atoms with Gasteiger partial charge < -0.3 is 5.32 Å². The zero-order valence-electron chi connectivity index (χ0n) is 12.7. The molecule has 2 rings (SSSR count). The molecule has 0 aliphatic heterocycles. The number of hydrogen-bond donors (Lipinski definition) is 1. The Morgan fingerprint density at radius 3 is 2.57 bits per heavy atom. The van der Waals surface area contributed by atoms with Gasteiger partial charge in [0, 0.05) is 17.2 Å². The quantitative estimate of drug-likeness (QED) is 0.538. The van der Waals surface area contributed by atoms with Crippen molar-refractivity contribution >= 4 is 23.4 Å². The van der Waals surface area contributed by atoms with Crippen molar-refractivity contribution in [3.05, 3.63) is 64.2 Å². The van der Waals surface area contributed by atoms with Crippen LogP contribution in [-0.2, 0) is 12.3 Å². The molecule has 1 nitrogen and oxygen atoms in total. The van der Waals surface area contributed by atoms with E-state index in [-0.39, 0.29) is 0 Å². The van der Waals surface area contributed by atoms with E-state index in [1.807, 2.05) is 23.9 Å². The fourth-order valence-corrected chi connectivity index (χ4v) is 3.69. The van der Waals surface area contributed by atoms with E-state index in [1.165, 1.54) is 21.6 Å². The van der Waals surface area contributed by atoms with Crippen LogP contribution in [-0.4, -0.2) is 6.54 Å². The van der Waals surface area contributed by atoms with Gasteiger partial charge in [-0.05, 0) is 42.6 Å². The summed E-state index contributed by atoms with van der Waals surface area (Å²) in [7, 11) is 0. The second-order valence-corrected chi connectivity index (χ2v) is 6.51. The maximum atomic E-state index is 6.40. The van der Waals surface area contributed by atoms with Crippen LogP contribution in [0.15, 0.2) is 47.4 Å². The third-order valence-corrected chi connectivity index (χ3v) is 5.08. The van der Waals surface area contributed by atoms with E-state index < -0.39 is 0 Å². The van der Waals surface area contributed by atoms with Crippen molar-refractivity contribution in [3.63, 3.8) is 0 Å². The second kappa shape index (κ2) is 8.47. The van der Waals surface area contributed by atoms with Crippen molar-refractivity contribution in [3.8, 4) is 0 Å². The summed E-state index contributed by atoms with van der Waals surface area (Å²) in [6.45, 7) is 6.25. The largest absolute Gasteiger partial charge is 0.313 e. The molecule has 3 heteroatoms. The van der Waals surface area contributed by atoms with Gasteiger partial charge in [-0.25, -0.2) is 0 Å². The molecule has 0 amide bonds. The summed E-state index contributed by atoms with van der Waals surface area (Å²) in [6.07, 6.45) is 1.15. The minimum atomic E-state index is 0.851. The zero-order chi connectivity index (χ0) is 15.1. The minimum absolute atomic E-state index is 0.851. The predicted octanol–water partition coefficient (Wildman–Crippen LogP) is 5.44. The predicted molar refractivity (Wildman–Crippen MR) is 94.2 cm³/mol. The van der Waals surface area contributed by atoms with E-state index in [0.29, 0.717) is 0 Å². The molecule has 0 aliphatic rings. The Labute approximate surface area is 137 Å². The fourth-order valence-electron chi connectivity index (χ4n) is 2.18. The van der Waals surface area contributed by atoms with Gasteiger partial charge >= 0.3 is 0 Å². The smallest absolute Gasteiger partial charge is 0.0545 e. The van der Waals surface area contributed by atoms with Crippen molar-refractivity contribution in [2.45, 2.75) is 37.5 Å². The summed E-state index contributed by atoms with van der Waals surface area (Å²) in [5, 5.41) is 4.31. The van der Waals surface area contributed by atoms with Crippen molar-refractivity contribution in [2.75, 3.05) is 6.54 Å². The number of thioether (sulfide) groups is 1. The highest BCUT2D eigenvalue weighted by molar-refractivity contribution is 7.98. The number of nitrogens with one attached hydrogen (secondary N) is 1. The Morgan fingerprint density at radius 2 is 1.81 bits per heavy atom. The second-order valence-electron chi connectivity index (χ2n) is 5.12. The summed E-state index contributed by atoms with van der Waals surface area (Å²) in [4.78, 5) is 1.20. The molecule has 0 aliphatic carbocycles. The first-order valence-electron chi connectivity index (χ1n) is 7.37. The number of halogens is 1. The molecule has 2 aromatic carbocycles. The van der Waals surface area contributed by atoms with Gasteiger partial charge in [0.05, 0.1) is 5.02 Å². The monoisotopic (exact) mass is 319 g/mol. The molecule has 0 atom stereocenters. The minimum Gasteiger partial charge on any atom is -0.313 e. The first-order chi connectivity index (χ1) is 10.2. The molecule has 0 aromatic heterocycles. The SMILES string of the molecule is CCCNCc1cccc(Cl)c1SCc1ccccc1C. The van der Waals surface area contributed by atoms with E-state index in [4.69, 9.17) is 11.6 Å². The van der Waals surface area contributed by atoms with Gasteiger partial charge in [0.2, 0.25) is 0 Å². The Bertz CT molecular complexity index is 583. The lowest BCUT2D eigenvalue weighted by molar-refractivity contribution is 0.669. The highest BCUT2D eigenvalue weighted by atomic mass is 35.5. The molecule has 0 saturated carbocycles. The molecule has 0 radical (unpaired) electrons. The number of benzene rings is 2. The van der Waals surface area contributed by atoms with Gasteiger partial charge in [0.25, 0.3) is 0 Å². The van der Waals surface area contributed by atoms with Gasteiger partial charge in [0.1, 0.15) is 0 Å². The molecule has 0 bridgehead atoms. The molecule has 0 heterocycles. The van der Waals surface area contributed by atoms with Crippen LogP contribution < -0.4 is 5.32 Å². The Balaban J connectivity index is 2.09. The molecular weight excluding hydrogens is 298 g/mol. The van der Waals surface area contributed by atoms with Crippen LogP contribution in [0.3, 0.4) is 0 Å². The number of aryl methyl sites for hydroxylation is 1. The number of hydrogen-bond acceptors (Lipinski definition) is 2. The molecule has 0 fully saturated rings. The van der Waals surface area contributed by atoms with Crippen LogP contribution in [0, 0.1) is 6.92 Å². The van der Waals surface area contributed by atoms with Gasteiger partial charge in [-0.1, -0.05) is 54.9 Å². The first kappa shape index (κ1) is 16.4. The third kappa shape index (κ3) is 4.77. The van der Waals surface area contributed by atoms with E-state index in [0.717, 1.165) is 30.3 Å². The van der Waals surface area contributed by atoms with Gasteiger partial charge in [-0.2, -0.15) is 0 Å². The van der Waals surface area contributed by atoms with Gasteiger partial charge in [-0.15, -0.1) is 11.8 Å². The Hall–Kier alpha value is -0.960. The van der Waals surface area contributed by atoms with Crippen LogP contribution in [0.1, 0.15) is 30.0 Å². The molecule has 0 unspecified atom stereocenters. The summed E-state index contributed by atoms with van der Waals surface area (Å²) in [6, 6.07) is 14.7. The molecule has 112 valence electrons. The topological polar surface area (TPSA) is 12.0 Å². The van der Waals surface area contributed by atoms with Crippen LogP contribution in [0.4, 0.5) is 0 Å². The highest BCUT2D eigenvalue weighted by Crippen LogP contribution is 2.33. The number of rotatable bonds is 7. The molecule has 21 heavy (non-hydrogen) atoms. The van der Waals surface area contributed by atoms with Gasteiger partial charge in [0.15, 0.2) is 0 Å². The summed E-state index contributed by atoms with van der Waals surface area (Å²) in [5.74, 6) is 0.956. The lowest BCUT2D eigenvalue weighted by Gasteiger charge is -2.12. The Morgan fingerprint density at radius 1 is 1.05 bits per heavy atom. The fraction of sp³-hybridized carbons (Fsp3) is 0.333. The van der Waals surface area contributed by atoms with E-state index >= 15 is 0 Å². The summed E-state index contributed by atoms with van der Waals surface area (Å²) >= 11 is 8.23. The molecule has 2 aromatic rings. The van der Waals surface area contributed by atoms with Crippen LogP contribution in [0.5, 0.6) is 0 Å². The highest BCUT2D eigenvalue weighted by Gasteiger charge is 2.08. The first-order valence-corrected chi connectivity index (χ1v) is 8.74. The standard InChI is InChI=1S/C18H22ClNS/c1-3-11-20-12-15-9-6-10-17(19)18(15)21-13-16-8-5-4-7-14(16)2/h4-10,20H,3,11-13H2,1-2H3. The van der Waals surface area contributed by atoms with Crippen molar-refractivity contribution in [1.29, 1.82) is 0 Å². The van der Waals surface area contributed by atoms with Gasteiger partial charge in [-0.3, -0.25) is 0 Å². The van der Waals surface area contributed by atoms with E-state index in [1.54, 1.807) is 0 Å². The summed E-state index contributed by atoms with van der Waals surface area (Å²) < 4.78 is 0. The van der Waals surface area contributed by atoms with Crippen molar-refractivity contribution < 1.29 is 0 Å².